The van der Waals surface area contributed by atoms with E-state index < -0.39 is 38.7 Å². The quantitative estimate of drug-likeness (QED) is 0.224. The minimum absolute atomic E-state index is 0.0297. The van der Waals surface area contributed by atoms with E-state index in [1.165, 1.54) is 4.90 Å². The predicted octanol–water partition coefficient (Wildman–Crippen LogP) is 2.31. The van der Waals surface area contributed by atoms with E-state index in [1.807, 2.05) is 6.08 Å². The maximum absolute atomic E-state index is 13.4. The van der Waals surface area contributed by atoms with E-state index in [-0.39, 0.29) is 42.7 Å². The Balaban J connectivity index is 1.20. The van der Waals surface area contributed by atoms with Crippen molar-refractivity contribution in [1.82, 2.24) is 15.5 Å². The molecular formula is C33H39N5O7S. The molecule has 5 rings (SSSR count). The van der Waals surface area contributed by atoms with Gasteiger partial charge in [-0.3, -0.25) is 19.8 Å². The zero-order valence-corrected chi connectivity index (χ0v) is 26.7. The van der Waals surface area contributed by atoms with Gasteiger partial charge in [-0.2, -0.15) is 0 Å². The third-order valence-electron chi connectivity index (χ3n) is 8.40. The van der Waals surface area contributed by atoms with Gasteiger partial charge in [-0.15, -0.1) is 0 Å². The van der Waals surface area contributed by atoms with Crippen LogP contribution in [0.3, 0.4) is 0 Å². The number of nitrogens with one attached hydrogen (secondary N) is 3. The number of likely N-dealkylation sites (tertiary alicyclic amines) is 1. The molecule has 0 aromatic heterocycles. The molecule has 12 nitrogen and oxygen atoms in total. The lowest BCUT2D eigenvalue weighted by Gasteiger charge is -2.24. The number of ether oxygens (including phenoxy) is 2. The lowest BCUT2D eigenvalue weighted by Crippen LogP contribution is -2.49. The van der Waals surface area contributed by atoms with Gasteiger partial charge in [0.05, 0.1) is 36.4 Å². The first-order chi connectivity index (χ1) is 21.9. The molecule has 46 heavy (non-hydrogen) atoms. The van der Waals surface area contributed by atoms with Crippen LogP contribution in [-0.2, 0) is 28.9 Å². The number of hydrogen-bond donors (Lipinski definition) is 4. The molecule has 3 aliphatic rings. The minimum atomic E-state index is -3.38. The average Bonchev–Trinajstić information content (AvgIpc) is 3.69. The van der Waals surface area contributed by atoms with Crippen LogP contribution in [0.4, 0.5) is 0 Å². The fourth-order valence-corrected chi connectivity index (χ4v) is 6.79. The van der Waals surface area contributed by atoms with Gasteiger partial charge < -0.3 is 30.7 Å². The molecule has 1 unspecified atom stereocenters. The molecule has 5 N–H and O–H groups in total. The Kier molecular flexibility index (Phi) is 9.75. The highest BCUT2D eigenvalue weighted by Gasteiger charge is 2.52. The van der Waals surface area contributed by atoms with Crippen LogP contribution in [0.1, 0.15) is 43.5 Å². The summed E-state index contributed by atoms with van der Waals surface area (Å²) in [6.07, 6.45) is 5.29. The summed E-state index contributed by atoms with van der Waals surface area (Å²) >= 11 is 0. The second-order valence-corrected chi connectivity index (χ2v) is 14.4. The molecule has 2 saturated heterocycles. The van der Waals surface area contributed by atoms with Crippen molar-refractivity contribution in [2.75, 3.05) is 32.8 Å². The number of benzene rings is 2. The number of rotatable bonds is 10. The zero-order valence-electron chi connectivity index (χ0n) is 25.9. The number of nitrogens with two attached hydrogens (primary N) is 1. The zero-order chi connectivity index (χ0) is 33.1. The predicted molar refractivity (Wildman–Crippen MR) is 172 cm³/mol. The van der Waals surface area contributed by atoms with Crippen LogP contribution in [-0.4, -0.2) is 86.8 Å². The molecular weight excluding hydrogens is 610 g/mol. The first-order valence-electron chi connectivity index (χ1n) is 15.2. The van der Waals surface area contributed by atoms with Gasteiger partial charge in [0.25, 0.3) is 5.91 Å². The number of allylic oxidation sites excluding steroid dienone is 1. The van der Waals surface area contributed by atoms with Crippen molar-refractivity contribution in [3.63, 3.8) is 0 Å². The fourth-order valence-electron chi connectivity index (χ4n) is 5.73. The molecule has 0 saturated carbocycles. The summed E-state index contributed by atoms with van der Waals surface area (Å²) in [5.74, 6) is -2.36. The molecule has 1 atom stereocenters. The molecule has 0 radical (unpaired) electrons. The summed E-state index contributed by atoms with van der Waals surface area (Å²) in [5, 5.41) is 12.7. The Morgan fingerprint density at radius 3 is 2.26 bits per heavy atom. The van der Waals surface area contributed by atoms with Crippen LogP contribution in [0.15, 0.2) is 76.7 Å². The molecule has 2 aliphatic heterocycles. The number of amides is 3. The third kappa shape index (κ3) is 7.22. The van der Waals surface area contributed by atoms with E-state index in [0.29, 0.717) is 24.4 Å². The molecule has 244 valence electrons. The molecule has 1 spiro atoms. The Labute approximate surface area is 268 Å². The van der Waals surface area contributed by atoms with Gasteiger partial charge >= 0.3 is 0 Å². The van der Waals surface area contributed by atoms with Crippen LogP contribution >= 0.6 is 0 Å². The van der Waals surface area contributed by atoms with Gasteiger partial charge in [0.2, 0.25) is 11.8 Å². The number of carbonyl (C=O) groups excluding carboxylic acids is 3. The average molecular weight is 650 g/mol. The van der Waals surface area contributed by atoms with Crippen molar-refractivity contribution in [2.24, 2.45) is 5.73 Å². The SMILES string of the molecule is CC(C)S(=O)(=O)c1ccc(-c2ccc(C(=O)NCC(=O)N3CC4(CC3C(=O)NCC3=CC(C(=N)N)=CCC3)OCCO4)cc2)cc1. The van der Waals surface area contributed by atoms with Gasteiger partial charge in [-0.05, 0) is 62.1 Å². The monoisotopic (exact) mass is 649 g/mol. The Morgan fingerprint density at radius 2 is 1.65 bits per heavy atom. The highest BCUT2D eigenvalue weighted by atomic mass is 32.2. The molecule has 2 aromatic rings. The molecule has 2 aromatic carbocycles. The highest BCUT2D eigenvalue weighted by Crippen LogP contribution is 2.35. The number of nitrogens with zero attached hydrogens (tertiary/aromatic N) is 1. The van der Waals surface area contributed by atoms with Crippen LogP contribution in [0.5, 0.6) is 0 Å². The maximum Gasteiger partial charge on any atom is 0.251 e. The molecule has 2 fully saturated rings. The van der Waals surface area contributed by atoms with Crippen molar-refractivity contribution >= 4 is 33.4 Å². The minimum Gasteiger partial charge on any atom is -0.384 e. The standard InChI is InChI=1S/C33H39N5O7S/c1-21(2)46(42,43)27-12-10-24(11-13-27)23-6-8-25(9-7-23)31(40)37-19-29(39)38-20-33(44-14-15-45-33)17-28(38)32(41)36-18-22-4-3-5-26(16-22)30(34)35/h5-13,16,21,28H,3-4,14-15,17-20H2,1-2H3,(H3,34,35)(H,36,41)(H,37,40). The summed E-state index contributed by atoms with van der Waals surface area (Å²) in [6.45, 7) is 3.98. The maximum atomic E-state index is 13.4. The molecule has 13 heteroatoms. The van der Waals surface area contributed by atoms with Crippen molar-refractivity contribution in [2.45, 2.75) is 55.1 Å². The Hall–Kier alpha value is -4.33. The van der Waals surface area contributed by atoms with Gasteiger partial charge in [0.1, 0.15) is 11.9 Å². The van der Waals surface area contributed by atoms with Gasteiger partial charge in [-0.1, -0.05) is 42.0 Å². The second-order valence-electron chi connectivity index (χ2n) is 11.9. The van der Waals surface area contributed by atoms with E-state index in [4.69, 9.17) is 20.6 Å². The van der Waals surface area contributed by atoms with Crippen molar-refractivity contribution < 1.29 is 32.3 Å². The van der Waals surface area contributed by atoms with Crippen LogP contribution < -0.4 is 16.4 Å². The fraction of sp³-hybridized carbons (Fsp3) is 0.394. The molecule has 1 aliphatic carbocycles. The van der Waals surface area contributed by atoms with Crippen LogP contribution in [0.2, 0.25) is 0 Å². The van der Waals surface area contributed by atoms with Crippen molar-refractivity contribution in [3.8, 4) is 11.1 Å². The number of carbonyl (C=O) groups is 3. The normalized spacial score (nSPS) is 19.1. The molecule has 2 heterocycles. The lowest BCUT2D eigenvalue weighted by molar-refractivity contribution is -0.152. The molecule has 3 amide bonds. The van der Waals surface area contributed by atoms with E-state index in [2.05, 4.69) is 10.6 Å². The second kappa shape index (κ2) is 13.6. The largest absolute Gasteiger partial charge is 0.384 e. The first-order valence-corrected chi connectivity index (χ1v) is 16.7. The summed E-state index contributed by atoms with van der Waals surface area (Å²) < 4.78 is 36.4. The topological polar surface area (TPSA) is 181 Å². The van der Waals surface area contributed by atoms with Gasteiger partial charge in [0, 0.05) is 24.1 Å². The number of amidine groups is 1. The van der Waals surface area contributed by atoms with E-state index in [0.717, 1.165) is 29.5 Å². The lowest BCUT2D eigenvalue weighted by atomic mass is 9.98. The summed E-state index contributed by atoms with van der Waals surface area (Å²) in [4.78, 5) is 41.3. The van der Waals surface area contributed by atoms with Crippen LogP contribution in [0.25, 0.3) is 11.1 Å². The highest BCUT2D eigenvalue weighted by molar-refractivity contribution is 7.92. The summed E-state index contributed by atoms with van der Waals surface area (Å²) in [5.41, 5.74) is 9.09. The van der Waals surface area contributed by atoms with E-state index in [1.54, 1.807) is 68.5 Å². The Morgan fingerprint density at radius 1 is 1.02 bits per heavy atom. The third-order valence-corrected chi connectivity index (χ3v) is 10.6. The van der Waals surface area contributed by atoms with Crippen molar-refractivity contribution in [1.29, 1.82) is 5.41 Å². The van der Waals surface area contributed by atoms with Crippen LogP contribution in [0, 0.1) is 5.41 Å². The van der Waals surface area contributed by atoms with Crippen molar-refractivity contribution in [3.05, 3.63) is 77.4 Å². The molecule has 0 bridgehead atoms. The summed E-state index contributed by atoms with van der Waals surface area (Å²) in [7, 11) is -3.38. The first kappa shape index (κ1) is 33.0. The number of hydrogen-bond acceptors (Lipinski definition) is 8. The smallest absolute Gasteiger partial charge is 0.251 e. The van der Waals surface area contributed by atoms with E-state index >= 15 is 0 Å². The van der Waals surface area contributed by atoms with E-state index in [9.17, 15) is 22.8 Å². The summed E-state index contributed by atoms with van der Waals surface area (Å²) in [6, 6.07) is 12.5. The van der Waals surface area contributed by atoms with Gasteiger partial charge in [0.15, 0.2) is 15.6 Å². The van der Waals surface area contributed by atoms with Gasteiger partial charge in [-0.25, -0.2) is 8.42 Å². The number of sulfone groups is 1. The Bertz CT molecular complexity index is 1680.